The van der Waals surface area contributed by atoms with E-state index in [1.807, 2.05) is 0 Å². The summed E-state index contributed by atoms with van der Waals surface area (Å²) in [4.78, 5) is 11.7. The fourth-order valence-electron chi connectivity index (χ4n) is 1.54. The van der Waals surface area contributed by atoms with Crippen molar-refractivity contribution >= 4 is 24.0 Å². The van der Waals surface area contributed by atoms with Crippen LogP contribution in [-0.2, 0) is 9.53 Å². The van der Waals surface area contributed by atoms with Gasteiger partial charge in [0.05, 0.1) is 12.3 Å². The number of carbonyl (C=O) groups is 1. The first kappa shape index (κ1) is 14.8. The lowest BCUT2D eigenvalue weighted by Crippen LogP contribution is -2.45. The molecule has 0 aliphatic carbocycles. The van der Waals surface area contributed by atoms with Crippen molar-refractivity contribution in [3.8, 4) is 0 Å². The van der Waals surface area contributed by atoms with E-state index in [9.17, 15) is 13.6 Å². The summed E-state index contributed by atoms with van der Waals surface area (Å²) in [7, 11) is 0. The fourth-order valence-corrected chi connectivity index (χ4v) is 1.54. The van der Waals surface area contributed by atoms with Gasteiger partial charge in [-0.3, -0.25) is 4.79 Å². The Morgan fingerprint density at radius 3 is 2.83 bits per heavy atom. The lowest BCUT2D eigenvalue weighted by molar-refractivity contribution is -0.128. The number of benzene rings is 1. The van der Waals surface area contributed by atoms with Gasteiger partial charge in [-0.15, -0.1) is 12.4 Å². The zero-order valence-electron chi connectivity index (χ0n) is 9.41. The van der Waals surface area contributed by atoms with E-state index in [4.69, 9.17) is 4.74 Å². The second kappa shape index (κ2) is 6.63. The van der Waals surface area contributed by atoms with Crippen LogP contribution in [0.5, 0.6) is 0 Å². The molecule has 1 aromatic carbocycles. The quantitative estimate of drug-likeness (QED) is 0.858. The Bertz CT molecular complexity index is 426. The van der Waals surface area contributed by atoms with Gasteiger partial charge in [-0.2, -0.15) is 0 Å². The number of ether oxygens (including phenoxy) is 1. The van der Waals surface area contributed by atoms with E-state index in [1.165, 1.54) is 6.07 Å². The Morgan fingerprint density at radius 1 is 1.44 bits per heavy atom. The van der Waals surface area contributed by atoms with Gasteiger partial charge < -0.3 is 15.4 Å². The zero-order valence-corrected chi connectivity index (χ0v) is 10.2. The molecule has 4 nitrogen and oxygen atoms in total. The molecule has 0 bridgehead atoms. The summed E-state index contributed by atoms with van der Waals surface area (Å²) in [6.07, 6.45) is -0.645. The molecule has 1 unspecified atom stereocenters. The Balaban J connectivity index is 0.00000162. The number of halogens is 3. The van der Waals surface area contributed by atoms with Crippen molar-refractivity contribution in [2.24, 2.45) is 0 Å². The molecule has 2 rings (SSSR count). The average molecular weight is 279 g/mol. The molecule has 7 heteroatoms. The smallest absolute Gasteiger partial charge is 0.254 e. The van der Waals surface area contributed by atoms with E-state index < -0.39 is 23.6 Å². The maximum Gasteiger partial charge on any atom is 0.254 e. The molecule has 0 saturated carbocycles. The summed E-state index contributed by atoms with van der Waals surface area (Å²) in [6, 6.07) is 2.98. The topological polar surface area (TPSA) is 50.4 Å². The number of carbonyl (C=O) groups excluding carboxylic acids is 1. The molecule has 0 aromatic heterocycles. The van der Waals surface area contributed by atoms with Crippen LogP contribution in [0.3, 0.4) is 0 Å². The normalized spacial score (nSPS) is 18.9. The van der Waals surface area contributed by atoms with Crippen LogP contribution in [0.15, 0.2) is 18.2 Å². The Hall–Kier alpha value is -1.24. The second-order valence-electron chi connectivity index (χ2n) is 3.68. The number of morpholine rings is 1. The highest BCUT2D eigenvalue weighted by Gasteiger charge is 2.22. The largest absolute Gasteiger partial charge is 0.366 e. The van der Waals surface area contributed by atoms with Crippen LogP contribution in [-0.4, -0.2) is 31.7 Å². The summed E-state index contributed by atoms with van der Waals surface area (Å²) in [5.41, 5.74) is -0.0504. The molecule has 1 aromatic rings. The maximum atomic E-state index is 13.3. The molecule has 1 aliphatic rings. The summed E-state index contributed by atoms with van der Waals surface area (Å²) < 4.78 is 31.1. The summed E-state index contributed by atoms with van der Waals surface area (Å²) >= 11 is 0. The van der Waals surface area contributed by atoms with Gasteiger partial charge in [0.25, 0.3) is 5.91 Å². The average Bonchev–Trinajstić information content (AvgIpc) is 2.34. The Labute approximate surface area is 109 Å². The molecule has 1 saturated heterocycles. The van der Waals surface area contributed by atoms with Crippen molar-refractivity contribution in [1.82, 2.24) is 5.32 Å². The fraction of sp³-hybridized carbons (Fsp3) is 0.364. The molecule has 2 N–H and O–H groups in total. The molecule has 1 atom stereocenters. The van der Waals surface area contributed by atoms with E-state index in [0.717, 1.165) is 12.1 Å². The third-order valence-corrected chi connectivity index (χ3v) is 2.41. The number of amides is 1. The molecule has 0 radical (unpaired) electrons. The standard InChI is InChI=1S/C11H12F2N2O2.ClH/c12-7-1-2-9(8(13)5-7)15-11(16)10-6-14-3-4-17-10;/h1-2,5,10,14H,3-4,6H2,(H,15,16);1H. The molecular formula is C11H13ClF2N2O2. The third-order valence-electron chi connectivity index (χ3n) is 2.41. The van der Waals surface area contributed by atoms with Crippen molar-refractivity contribution in [3.63, 3.8) is 0 Å². The maximum absolute atomic E-state index is 13.3. The minimum atomic E-state index is -0.804. The van der Waals surface area contributed by atoms with Gasteiger partial charge in [-0.25, -0.2) is 8.78 Å². The number of hydrogen-bond acceptors (Lipinski definition) is 3. The molecule has 1 aliphatic heterocycles. The third kappa shape index (κ3) is 3.63. The lowest BCUT2D eigenvalue weighted by atomic mass is 10.2. The van der Waals surface area contributed by atoms with Crippen molar-refractivity contribution < 1.29 is 18.3 Å². The number of hydrogen-bond donors (Lipinski definition) is 2. The Kier molecular flexibility index (Phi) is 5.46. The number of nitrogens with one attached hydrogen (secondary N) is 2. The van der Waals surface area contributed by atoms with E-state index in [1.54, 1.807) is 0 Å². The molecule has 100 valence electrons. The van der Waals surface area contributed by atoms with Crippen LogP contribution in [0, 0.1) is 11.6 Å². The minimum Gasteiger partial charge on any atom is -0.366 e. The molecule has 1 fully saturated rings. The lowest BCUT2D eigenvalue weighted by Gasteiger charge is -2.22. The first-order chi connectivity index (χ1) is 8.16. The molecule has 0 spiro atoms. The van der Waals surface area contributed by atoms with E-state index in [0.29, 0.717) is 19.7 Å². The second-order valence-corrected chi connectivity index (χ2v) is 3.68. The van der Waals surface area contributed by atoms with Gasteiger partial charge >= 0.3 is 0 Å². The highest BCUT2D eigenvalue weighted by atomic mass is 35.5. The van der Waals surface area contributed by atoms with Gasteiger partial charge in [0.1, 0.15) is 17.7 Å². The summed E-state index contributed by atoms with van der Waals surface area (Å²) in [5, 5.41) is 5.35. The van der Waals surface area contributed by atoms with Crippen LogP contribution in [0.4, 0.5) is 14.5 Å². The van der Waals surface area contributed by atoms with Crippen molar-refractivity contribution in [1.29, 1.82) is 0 Å². The van der Waals surface area contributed by atoms with Crippen molar-refractivity contribution in [2.45, 2.75) is 6.10 Å². The van der Waals surface area contributed by atoms with Gasteiger partial charge in [-0.1, -0.05) is 0 Å². The van der Waals surface area contributed by atoms with E-state index >= 15 is 0 Å². The predicted octanol–water partition coefficient (Wildman–Crippen LogP) is 1.31. The van der Waals surface area contributed by atoms with Crippen LogP contribution in [0.1, 0.15) is 0 Å². The first-order valence-electron chi connectivity index (χ1n) is 5.25. The monoisotopic (exact) mass is 278 g/mol. The van der Waals surface area contributed by atoms with Gasteiger partial charge in [-0.05, 0) is 12.1 Å². The van der Waals surface area contributed by atoms with Gasteiger partial charge in [0, 0.05) is 19.2 Å². The zero-order chi connectivity index (χ0) is 12.3. The molecule has 18 heavy (non-hydrogen) atoms. The molecular weight excluding hydrogens is 266 g/mol. The summed E-state index contributed by atoms with van der Waals surface area (Å²) in [6.45, 7) is 1.51. The van der Waals surface area contributed by atoms with Crippen LogP contribution in [0.25, 0.3) is 0 Å². The van der Waals surface area contributed by atoms with Crippen molar-refractivity contribution in [2.75, 3.05) is 25.0 Å². The van der Waals surface area contributed by atoms with E-state index in [-0.39, 0.29) is 18.1 Å². The highest BCUT2D eigenvalue weighted by Crippen LogP contribution is 2.15. The molecule has 1 heterocycles. The van der Waals surface area contributed by atoms with Crippen LogP contribution < -0.4 is 10.6 Å². The summed E-state index contributed by atoms with van der Waals surface area (Å²) in [5.74, 6) is -1.93. The van der Waals surface area contributed by atoms with Crippen LogP contribution >= 0.6 is 12.4 Å². The van der Waals surface area contributed by atoms with Crippen molar-refractivity contribution in [3.05, 3.63) is 29.8 Å². The molecule has 1 amide bonds. The highest BCUT2D eigenvalue weighted by molar-refractivity contribution is 5.94. The first-order valence-corrected chi connectivity index (χ1v) is 5.25. The van der Waals surface area contributed by atoms with Crippen LogP contribution in [0.2, 0.25) is 0 Å². The Morgan fingerprint density at radius 2 is 2.22 bits per heavy atom. The number of rotatable bonds is 2. The number of anilines is 1. The van der Waals surface area contributed by atoms with Gasteiger partial charge in [0.15, 0.2) is 0 Å². The minimum absolute atomic E-state index is 0. The van der Waals surface area contributed by atoms with Gasteiger partial charge in [0.2, 0.25) is 0 Å². The predicted molar refractivity (Wildman–Crippen MR) is 64.8 cm³/mol. The van der Waals surface area contributed by atoms with E-state index in [2.05, 4.69) is 10.6 Å². The SMILES string of the molecule is Cl.O=C(Nc1ccc(F)cc1F)C1CNCCO1.